The highest BCUT2D eigenvalue weighted by molar-refractivity contribution is 6.22. The number of rotatable bonds is 2. The van der Waals surface area contributed by atoms with E-state index in [4.69, 9.17) is 0 Å². The Morgan fingerprint density at radius 2 is 1.69 bits per heavy atom. The molecule has 1 spiro atoms. The number of amides is 2. The van der Waals surface area contributed by atoms with Gasteiger partial charge in [-0.3, -0.25) is 25.1 Å². The molecule has 0 radical (unpaired) electrons. The molecule has 2 saturated heterocycles. The minimum atomic E-state index is -0.929. The van der Waals surface area contributed by atoms with E-state index in [0.717, 1.165) is 12.1 Å². The number of carbonyl (C=O) groups is 2. The minimum Gasteiger partial charge on any atom is -0.389 e. The second kappa shape index (κ2) is 9.09. The van der Waals surface area contributed by atoms with E-state index in [1.54, 1.807) is 6.07 Å². The lowest BCUT2D eigenvalue weighted by Crippen LogP contribution is -2.55. The number of nitrogens with one attached hydrogen (secondary N) is 2. The van der Waals surface area contributed by atoms with Crippen LogP contribution in [0.2, 0.25) is 0 Å². The number of carbonyl (C=O) groups excluding carboxylic acids is 2. The van der Waals surface area contributed by atoms with Gasteiger partial charge in [0.2, 0.25) is 5.91 Å². The van der Waals surface area contributed by atoms with Gasteiger partial charge in [0.15, 0.2) is 5.66 Å². The van der Waals surface area contributed by atoms with Gasteiger partial charge in [-0.15, -0.1) is 0 Å². The third-order valence-corrected chi connectivity index (χ3v) is 6.11. The van der Waals surface area contributed by atoms with Gasteiger partial charge in [-0.25, -0.2) is 4.90 Å². The molecule has 4 N–H and O–H groups in total. The van der Waals surface area contributed by atoms with Crippen molar-refractivity contribution in [3.8, 4) is 0 Å². The van der Waals surface area contributed by atoms with Crippen LogP contribution in [-0.2, 0) is 21.8 Å². The number of aliphatic hydroxyl groups is 2. The summed E-state index contributed by atoms with van der Waals surface area (Å²) in [4.78, 5) is 27.5. The van der Waals surface area contributed by atoms with Crippen molar-refractivity contribution in [1.82, 2.24) is 15.5 Å². The highest BCUT2D eigenvalue weighted by atomic mass is 16.3. The quantitative estimate of drug-likeness (QED) is 0.542. The smallest absolute Gasteiger partial charge is 0.273 e. The zero-order valence-electron chi connectivity index (χ0n) is 18.4. The van der Waals surface area contributed by atoms with E-state index in [1.807, 2.05) is 43.3 Å². The van der Waals surface area contributed by atoms with E-state index in [1.165, 1.54) is 17.4 Å². The van der Waals surface area contributed by atoms with Crippen LogP contribution in [0.3, 0.4) is 0 Å². The molecular formula is C24H30N4O4. The summed E-state index contributed by atoms with van der Waals surface area (Å²) in [5.74, 6) is -0.493. The highest BCUT2D eigenvalue weighted by Crippen LogP contribution is 2.40. The van der Waals surface area contributed by atoms with Gasteiger partial charge in [0.05, 0.1) is 17.9 Å². The number of aliphatic hydroxyl groups excluding tert-OH is 2. The predicted octanol–water partition coefficient (Wildman–Crippen LogP) is 0.538. The number of benzene rings is 2. The topological polar surface area (TPSA) is 105 Å². The van der Waals surface area contributed by atoms with E-state index in [0.29, 0.717) is 25.3 Å². The lowest BCUT2D eigenvalue weighted by Gasteiger charge is -2.23. The van der Waals surface area contributed by atoms with Gasteiger partial charge in [-0.05, 0) is 18.6 Å². The summed E-state index contributed by atoms with van der Waals surface area (Å²) in [6.45, 7) is 6.05. The molecule has 8 heteroatoms. The van der Waals surface area contributed by atoms with E-state index in [2.05, 4.69) is 27.7 Å². The van der Waals surface area contributed by atoms with Crippen molar-refractivity contribution in [1.29, 1.82) is 0 Å². The summed E-state index contributed by atoms with van der Waals surface area (Å²) < 4.78 is 0. The summed E-state index contributed by atoms with van der Waals surface area (Å²) >= 11 is 0. The molecule has 3 heterocycles. The molecule has 8 nitrogen and oxygen atoms in total. The van der Waals surface area contributed by atoms with Gasteiger partial charge in [-0.1, -0.05) is 48.5 Å². The number of nitrogens with zero attached hydrogens (tertiary/aromatic N) is 2. The Balaban J connectivity index is 0.000000158. The summed E-state index contributed by atoms with van der Waals surface area (Å²) in [6.07, 6.45) is -1.17. The van der Waals surface area contributed by atoms with Gasteiger partial charge in [0, 0.05) is 44.7 Å². The van der Waals surface area contributed by atoms with Gasteiger partial charge < -0.3 is 10.2 Å². The molecule has 2 fully saturated rings. The Hall–Kier alpha value is -2.62. The zero-order chi connectivity index (χ0) is 22.9. The Morgan fingerprint density at radius 1 is 1.06 bits per heavy atom. The molecule has 4 atom stereocenters. The summed E-state index contributed by atoms with van der Waals surface area (Å²) in [6, 6.07) is 17.7. The average Bonchev–Trinajstić information content (AvgIpc) is 3.39. The van der Waals surface area contributed by atoms with Crippen LogP contribution >= 0.6 is 0 Å². The molecular weight excluding hydrogens is 408 g/mol. The van der Waals surface area contributed by atoms with Crippen molar-refractivity contribution < 1.29 is 19.8 Å². The molecule has 3 aliphatic rings. The number of hydrogen-bond acceptors (Lipinski definition) is 7. The fraction of sp³-hybridized carbons (Fsp3) is 0.417. The third-order valence-electron chi connectivity index (χ3n) is 6.11. The molecule has 5 rings (SSSR count). The number of likely N-dealkylation sites (tertiary alicyclic amines) is 1. The van der Waals surface area contributed by atoms with Crippen LogP contribution in [0, 0.1) is 0 Å². The molecule has 0 aromatic heterocycles. The summed E-state index contributed by atoms with van der Waals surface area (Å²) in [5, 5.41) is 25.2. The van der Waals surface area contributed by atoms with E-state index in [9.17, 15) is 19.8 Å². The van der Waals surface area contributed by atoms with Crippen LogP contribution in [0.1, 0.15) is 25.0 Å². The monoisotopic (exact) mass is 438 g/mol. The Kier molecular flexibility index (Phi) is 6.41. The van der Waals surface area contributed by atoms with Gasteiger partial charge in [-0.2, -0.15) is 0 Å². The van der Waals surface area contributed by atoms with Crippen molar-refractivity contribution in [3.63, 3.8) is 0 Å². The van der Waals surface area contributed by atoms with Gasteiger partial charge >= 0.3 is 0 Å². The van der Waals surface area contributed by atoms with Crippen molar-refractivity contribution in [2.45, 2.75) is 44.3 Å². The maximum absolute atomic E-state index is 12.6. The zero-order valence-corrected chi connectivity index (χ0v) is 18.4. The van der Waals surface area contributed by atoms with Crippen molar-refractivity contribution in [2.75, 3.05) is 24.5 Å². The van der Waals surface area contributed by atoms with Gasteiger partial charge in [0.1, 0.15) is 0 Å². The molecule has 0 saturated carbocycles. The lowest BCUT2D eigenvalue weighted by atomic mass is 10.0. The summed E-state index contributed by atoms with van der Waals surface area (Å²) in [7, 11) is 0. The van der Waals surface area contributed by atoms with E-state index in [-0.39, 0.29) is 17.9 Å². The molecule has 2 aromatic rings. The van der Waals surface area contributed by atoms with Crippen molar-refractivity contribution in [3.05, 3.63) is 65.7 Å². The molecule has 0 bridgehead atoms. The van der Waals surface area contributed by atoms with Crippen LogP contribution in [0.5, 0.6) is 0 Å². The Morgan fingerprint density at radius 3 is 2.28 bits per heavy atom. The first-order valence-corrected chi connectivity index (χ1v) is 10.9. The molecule has 2 amide bonds. The van der Waals surface area contributed by atoms with Crippen LogP contribution in [0.15, 0.2) is 54.6 Å². The molecule has 0 aliphatic carbocycles. The largest absolute Gasteiger partial charge is 0.389 e. The number of para-hydroxylation sites is 1. The maximum Gasteiger partial charge on any atom is 0.273 e. The standard InChI is InChI=1S/C13H15N3O2.C11H15NO2/c1-8-7-14-13(15-8)10-5-3-4-6-11(10)16(9(2)17)12(13)18;13-10-7-12(8-11(10)14)6-9-4-2-1-3-5-9/h3-6,8,14-15H,7H2,1-2H3;1-5,10-11,13-14H,6-8H2. The first-order valence-electron chi connectivity index (χ1n) is 10.9. The number of hydrogen-bond donors (Lipinski definition) is 4. The highest BCUT2D eigenvalue weighted by Gasteiger charge is 2.55. The lowest BCUT2D eigenvalue weighted by molar-refractivity contribution is -0.129. The number of β-amino-alcohol motifs (C(OH)–C–C–N with tert-alkyl or cyclic N) is 2. The SMILES string of the molecule is CC(=O)N1C(=O)C2(NCC(C)N2)c2ccccc21.OC1CN(Cc2ccccc2)CC1O. The van der Waals surface area contributed by atoms with Crippen molar-refractivity contribution >= 4 is 17.5 Å². The molecule has 170 valence electrons. The number of imide groups is 1. The number of anilines is 1. The van der Waals surface area contributed by atoms with Crippen LogP contribution in [0.4, 0.5) is 5.69 Å². The van der Waals surface area contributed by atoms with Gasteiger partial charge in [0.25, 0.3) is 5.91 Å². The first kappa shape index (κ1) is 22.6. The fourth-order valence-electron chi connectivity index (χ4n) is 4.60. The fourth-order valence-corrected chi connectivity index (χ4v) is 4.60. The summed E-state index contributed by atoms with van der Waals surface area (Å²) in [5.41, 5.74) is 1.79. The van der Waals surface area contributed by atoms with Crippen LogP contribution < -0.4 is 15.5 Å². The minimum absolute atomic E-state index is 0.189. The van der Waals surface area contributed by atoms with E-state index < -0.39 is 17.9 Å². The van der Waals surface area contributed by atoms with E-state index >= 15 is 0 Å². The van der Waals surface area contributed by atoms with Crippen LogP contribution in [0.25, 0.3) is 0 Å². The third kappa shape index (κ3) is 4.20. The molecule has 3 aliphatic heterocycles. The van der Waals surface area contributed by atoms with Crippen LogP contribution in [-0.4, -0.2) is 64.8 Å². The molecule has 32 heavy (non-hydrogen) atoms. The Labute approximate surface area is 187 Å². The molecule has 4 unspecified atom stereocenters. The van der Waals surface area contributed by atoms with Crippen molar-refractivity contribution in [2.24, 2.45) is 0 Å². The predicted molar refractivity (Wildman–Crippen MR) is 121 cm³/mol. The average molecular weight is 439 g/mol. The first-order chi connectivity index (χ1) is 15.3. The second-order valence-corrected chi connectivity index (χ2v) is 8.67. The Bertz CT molecular complexity index is 975. The maximum atomic E-state index is 12.6. The second-order valence-electron chi connectivity index (χ2n) is 8.67. The normalized spacial score (nSPS) is 29.2. The number of fused-ring (bicyclic) bond motifs is 2. The molecule has 2 aromatic carbocycles.